The van der Waals surface area contributed by atoms with Gasteiger partial charge in [0.2, 0.25) is 10.9 Å². The quantitative estimate of drug-likeness (QED) is 0.522. The minimum absolute atomic E-state index is 0.0343. The number of aliphatic hydroxyl groups is 1. The third-order valence-corrected chi connectivity index (χ3v) is 10.3. The number of ether oxygens (including phenoxy) is 1. The molecular formula is C27H29F3O6S. The lowest BCUT2D eigenvalue weighted by Gasteiger charge is -2.62. The van der Waals surface area contributed by atoms with E-state index in [-0.39, 0.29) is 42.8 Å². The maximum Gasteiger partial charge on any atom is 0.375 e. The molecule has 4 aliphatic rings. The zero-order valence-corrected chi connectivity index (χ0v) is 21.6. The molecule has 0 bridgehead atoms. The van der Waals surface area contributed by atoms with Crippen LogP contribution in [0.1, 0.15) is 57.0 Å². The zero-order chi connectivity index (χ0) is 27.0. The van der Waals surface area contributed by atoms with Crippen molar-refractivity contribution in [3.8, 4) is 0 Å². The van der Waals surface area contributed by atoms with Gasteiger partial charge < -0.3 is 14.3 Å². The highest BCUT2D eigenvalue weighted by Gasteiger charge is 2.77. The van der Waals surface area contributed by atoms with E-state index in [0.29, 0.717) is 11.8 Å². The highest BCUT2D eigenvalue weighted by Crippen LogP contribution is 2.72. The molecule has 10 heteroatoms. The molecule has 0 aliphatic heterocycles. The fraction of sp³-hybridized carbons (Fsp3) is 0.593. The van der Waals surface area contributed by atoms with Gasteiger partial charge in [-0.25, -0.2) is 18.0 Å². The van der Waals surface area contributed by atoms with Crippen LogP contribution in [-0.2, 0) is 14.3 Å². The number of hydrogen-bond donors (Lipinski definition) is 1. The second kappa shape index (κ2) is 8.59. The topological polar surface area (TPSA) is 93.8 Å². The van der Waals surface area contributed by atoms with Gasteiger partial charge in [0.1, 0.15) is 11.8 Å². The molecule has 2 saturated carbocycles. The maximum absolute atomic E-state index is 17.4. The number of ketones is 1. The monoisotopic (exact) mass is 538 g/mol. The van der Waals surface area contributed by atoms with Gasteiger partial charge in [0.25, 0.3) is 0 Å². The first-order valence-electron chi connectivity index (χ1n) is 12.3. The lowest BCUT2D eigenvalue weighted by Crippen LogP contribution is -2.69. The third-order valence-electron chi connectivity index (χ3n) is 9.66. The Kier molecular flexibility index (Phi) is 6.10. The Morgan fingerprint density at radius 2 is 2.03 bits per heavy atom. The van der Waals surface area contributed by atoms with Gasteiger partial charge in [-0.1, -0.05) is 19.9 Å². The minimum Gasteiger partial charge on any atom is -0.457 e. The van der Waals surface area contributed by atoms with Crippen molar-refractivity contribution in [3.05, 3.63) is 47.7 Å². The molecule has 37 heavy (non-hydrogen) atoms. The molecule has 8 atom stereocenters. The van der Waals surface area contributed by atoms with Crippen LogP contribution >= 0.6 is 11.8 Å². The van der Waals surface area contributed by atoms with E-state index in [4.69, 9.17) is 9.15 Å². The number of carbonyl (C=O) groups is 3. The molecule has 1 N–H and O–H groups in total. The standard InChI is InChI=1S/C27H29F3O6S/c1-14-9-16-17-11-19(29)18-10-15(31)6-7-24(18,2)26(17,30)21(32)12-25(16,3)27(14,23(34)37-13-28)36-22(33)20-5-4-8-35-20/h4-8,14,16-17,21,32H,9-13H2,1-3H3/t14-,16+,17+,21+,24+,25+,26+,27+/m1/s1. The number of aliphatic hydroxyl groups excluding tert-OH is 1. The maximum atomic E-state index is 17.4. The van der Waals surface area contributed by atoms with E-state index in [1.807, 2.05) is 0 Å². The first-order valence-corrected chi connectivity index (χ1v) is 13.3. The van der Waals surface area contributed by atoms with Crippen LogP contribution < -0.4 is 0 Å². The summed E-state index contributed by atoms with van der Waals surface area (Å²) in [6.45, 7) is 4.80. The van der Waals surface area contributed by atoms with Crippen LogP contribution in [0.2, 0.25) is 0 Å². The van der Waals surface area contributed by atoms with Gasteiger partial charge in [-0.3, -0.25) is 9.59 Å². The Labute approximate surface area is 216 Å². The molecule has 0 radical (unpaired) electrons. The summed E-state index contributed by atoms with van der Waals surface area (Å²) in [5, 5.41) is 10.7. The number of hydrogen-bond acceptors (Lipinski definition) is 7. The third kappa shape index (κ3) is 3.27. The van der Waals surface area contributed by atoms with Gasteiger partial charge in [-0.2, -0.15) is 0 Å². The van der Waals surface area contributed by atoms with E-state index in [1.165, 1.54) is 37.5 Å². The first kappa shape index (κ1) is 26.3. The summed E-state index contributed by atoms with van der Waals surface area (Å²) < 4.78 is 57.5. The molecule has 200 valence electrons. The van der Waals surface area contributed by atoms with Crippen LogP contribution in [-0.4, -0.2) is 45.4 Å². The number of carbonyl (C=O) groups excluding carboxylic acids is 3. The van der Waals surface area contributed by atoms with Crippen LogP contribution in [0.5, 0.6) is 0 Å². The van der Waals surface area contributed by atoms with Crippen molar-refractivity contribution in [3.63, 3.8) is 0 Å². The molecule has 0 unspecified atom stereocenters. The fourth-order valence-electron chi connectivity index (χ4n) is 7.94. The summed E-state index contributed by atoms with van der Waals surface area (Å²) in [7, 11) is 0. The van der Waals surface area contributed by atoms with Crippen molar-refractivity contribution in [1.29, 1.82) is 0 Å². The Morgan fingerprint density at radius 1 is 1.30 bits per heavy atom. The summed E-state index contributed by atoms with van der Waals surface area (Å²) in [4.78, 5) is 38.7. The second-order valence-electron chi connectivity index (χ2n) is 11.2. The van der Waals surface area contributed by atoms with Crippen molar-refractivity contribution in [2.45, 2.75) is 63.8 Å². The zero-order valence-electron chi connectivity index (χ0n) is 20.8. The van der Waals surface area contributed by atoms with Crippen molar-refractivity contribution < 1.29 is 41.8 Å². The molecule has 2 fully saturated rings. The fourth-order valence-corrected chi connectivity index (χ4v) is 8.73. The Bertz CT molecular complexity index is 1210. The van der Waals surface area contributed by atoms with E-state index in [2.05, 4.69) is 0 Å². The molecule has 0 amide bonds. The summed E-state index contributed by atoms with van der Waals surface area (Å²) in [6, 6.07) is 1.78. The van der Waals surface area contributed by atoms with Crippen molar-refractivity contribution >= 4 is 28.6 Å². The summed E-state index contributed by atoms with van der Waals surface area (Å²) >= 11 is 0.352. The van der Waals surface area contributed by atoms with Crippen LogP contribution in [0.3, 0.4) is 0 Å². The number of furan rings is 1. The average molecular weight is 539 g/mol. The van der Waals surface area contributed by atoms with Crippen LogP contribution in [0, 0.1) is 28.6 Å². The predicted octanol–water partition coefficient (Wildman–Crippen LogP) is 5.28. The lowest BCUT2D eigenvalue weighted by atomic mass is 9.45. The van der Waals surface area contributed by atoms with Crippen LogP contribution in [0.4, 0.5) is 13.2 Å². The Hall–Kier alpha value is -2.33. The highest BCUT2D eigenvalue weighted by atomic mass is 32.2. The van der Waals surface area contributed by atoms with Gasteiger partial charge in [0.05, 0.1) is 12.4 Å². The van der Waals surface area contributed by atoms with E-state index in [1.54, 1.807) is 13.8 Å². The minimum atomic E-state index is -2.34. The van der Waals surface area contributed by atoms with E-state index < -0.39 is 68.9 Å². The summed E-state index contributed by atoms with van der Waals surface area (Å²) in [5.74, 6) is -4.50. The van der Waals surface area contributed by atoms with Crippen molar-refractivity contribution in [1.82, 2.24) is 0 Å². The van der Waals surface area contributed by atoms with Gasteiger partial charge in [0.15, 0.2) is 17.1 Å². The predicted molar refractivity (Wildman–Crippen MR) is 128 cm³/mol. The molecule has 1 aromatic rings. The van der Waals surface area contributed by atoms with Crippen LogP contribution in [0.15, 0.2) is 46.4 Å². The van der Waals surface area contributed by atoms with E-state index in [0.717, 1.165) is 0 Å². The molecule has 1 aromatic heterocycles. The smallest absolute Gasteiger partial charge is 0.375 e. The van der Waals surface area contributed by atoms with Gasteiger partial charge >= 0.3 is 5.97 Å². The number of esters is 1. The molecule has 4 aliphatic carbocycles. The highest BCUT2D eigenvalue weighted by molar-refractivity contribution is 8.13. The van der Waals surface area contributed by atoms with Crippen molar-refractivity contribution in [2.24, 2.45) is 28.6 Å². The summed E-state index contributed by atoms with van der Waals surface area (Å²) in [5.41, 5.74) is -7.12. The molecular weight excluding hydrogens is 509 g/mol. The van der Waals surface area contributed by atoms with E-state index in [9.17, 15) is 23.9 Å². The van der Waals surface area contributed by atoms with Crippen molar-refractivity contribution in [2.75, 3.05) is 6.01 Å². The molecule has 1 heterocycles. The lowest BCUT2D eigenvalue weighted by molar-refractivity contribution is -0.214. The first-order chi connectivity index (χ1) is 17.4. The molecule has 0 spiro atoms. The largest absolute Gasteiger partial charge is 0.457 e. The Morgan fingerprint density at radius 3 is 2.68 bits per heavy atom. The summed E-state index contributed by atoms with van der Waals surface area (Å²) in [6.07, 6.45) is 1.44. The molecule has 0 aromatic carbocycles. The van der Waals surface area contributed by atoms with Crippen LogP contribution in [0.25, 0.3) is 0 Å². The molecule has 5 rings (SSSR count). The molecule has 0 saturated heterocycles. The van der Waals surface area contributed by atoms with E-state index >= 15 is 8.78 Å². The number of halogens is 3. The number of thioether (sulfide) groups is 1. The van der Waals surface area contributed by atoms with Gasteiger partial charge in [0, 0.05) is 35.5 Å². The Balaban J connectivity index is 1.65. The molecule has 6 nitrogen and oxygen atoms in total. The van der Waals surface area contributed by atoms with Gasteiger partial charge in [-0.15, -0.1) is 0 Å². The average Bonchev–Trinajstić information content (AvgIpc) is 3.45. The second-order valence-corrected chi connectivity index (χ2v) is 12.0. The number of rotatable bonds is 4. The SMILES string of the molecule is C[C@@H]1C[C@H]2[C@@H]3CC(F)=C4CC(=O)C=C[C@]4(C)[C@@]3(F)[C@@H](O)C[C@]2(C)[C@@]1(OC(=O)c1ccco1)C(=O)SCF. The van der Waals surface area contributed by atoms with Gasteiger partial charge in [-0.05, 0) is 61.2 Å². The number of allylic oxidation sites excluding steroid dienone is 4. The number of alkyl halides is 2. The normalized spacial score (nSPS) is 42.7. The number of fused-ring (bicyclic) bond motifs is 5.